The zero-order chi connectivity index (χ0) is 13.6. The van der Waals surface area contributed by atoms with E-state index in [9.17, 15) is 0 Å². The van der Waals surface area contributed by atoms with Gasteiger partial charge in [0.1, 0.15) is 0 Å². The van der Waals surface area contributed by atoms with Gasteiger partial charge in [0.15, 0.2) is 5.96 Å². The molecule has 0 amide bonds. The molecule has 3 fully saturated rings. The predicted molar refractivity (Wildman–Crippen MR) is 92.6 cm³/mol. The van der Waals surface area contributed by atoms with Gasteiger partial charge >= 0.3 is 0 Å². The molecule has 20 heavy (non-hydrogen) atoms. The summed E-state index contributed by atoms with van der Waals surface area (Å²) in [7, 11) is 0. The second-order valence-electron chi connectivity index (χ2n) is 6.97. The lowest BCUT2D eigenvalue weighted by Crippen LogP contribution is -2.68. The van der Waals surface area contributed by atoms with E-state index in [-0.39, 0.29) is 29.4 Å². The topological polar surface area (TPSA) is 45.7 Å². The van der Waals surface area contributed by atoms with Crippen LogP contribution in [0, 0.1) is 17.3 Å². The quantitative estimate of drug-likeness (QED) is 0.440. The van der Waals surface area contributed by atoms with Crippen LogP contribution < -0.4 is 10.6 Å². The van der Waals surface area contributed by atoms with E-state index in [0.717, 1.165) is 25.0 Å². The first-order valence-electron chi connectivity index (χ1n) is 7.73. The first-order chi connectivity index (χ1) is 9.04. The minimum absolute atomic E-state index is 0. The van der Waals surface area contributed by atoms with E-state index in [4.69, 9.17) is 4.74 Å². The van der Waals surface area contributed by atoms with Crippen molar-refractivity contribution in [3.8, 4) is 0 Å². The normalized spacial score (nSPS) is 41.2. The van der Waals surface area contributed by atoms with Gasteiger partial charge in [-0.25, -0.2) is 0 Å². The fourth-order valence-corrected chi connectivity index (χ4v) is 3.75. The SMILES string of the molecule is CCN=C(NC1CC1C)NC1C2CCOC2C1(C)C.I. The Hall–Kier alpha value is -0.0400. The molecule has 1 heterocycles. The zero-order valence-corrected chi connectivity index (χ0v) is 15.3. The number of halogens is 1. The standard InChI is InChI=1S/C15H27N3O.HI/c1-5-16-14(17-11-8-9(11)2)18-12-10-6-7-19-13(10)15(12,3)4;/h9-13H,5-8H2,1-4H3,(H2,16,17,18);1H. The Balaban J connectivity index is 0.00000147. The number of guanidine groups is 1. The number of nitrogens with one attached hydrogen (secondary N) is 2. The highest BCUT2D eigenvalue weighted by atomic mass is 127. The van der Waals surface area contributed by atoms with E-state index in [2.05, 4.69) is 43.3 Å². The number of fused-ring (bicyclic) bond motifs is 1. The number of rotatable bonds is 3. The highest BCUT2D eigenvalue weighted by molar-refractivity contribution is 14.0. The second kappa shape index (κ2) is 5.99. The Morgan fingerprint density at radius 3 is 2.65 bits per heavy atom. The highest BCUT2D eigenvalue weighted by Gasteiger charge is 2.59. The molecule has 4 nitrogen and oxygen atoms in total. The summed E-state index contributed by atoms with van der Waals surface area (Å²) in [6.07, 6.45) is 2.89. The molecular weight excluding hydrogens is 365 g/mol. The molecule has 0 aromatic carbocycles. The van der Waals surface area contributed by atoms with Gasteiger partial charge in [-0.1, -0.05) is 20.8 Å². The number of hydrogen-bond donors (Lipinski definition) is 2. The minimum atomic E-state index is 0. The molecule has 2 aliphatic carbocycles. The van der Waals surface area contributed by atoms with E-state index in [0.29, 0.717) is 24.1 Å². The molecule has 5 unspecified atom stereocenters. The summed E-state index contributed by atoms with van der Waals surface area (Å²) in [4.78, 5) is 4.59. The summed E-state index contributed by atoms with van der Waals surface area (Å²) >= 11 is 0. The Morgan fingerprint density at radius 2 is 2.05 bits per heavy atom. The summed E-state index contributed by atoms with van der Waals surface area (Å²) in [6, 6.07) is 1.11. The van der Waals surface area contributed by atoms with Crippen LogP contribution in [0.25, 0.3) is 0 Å². The predicted octanol–water partition coefficient (Wildman–Crippen LogP) is 2.38. The number of nitrogens with zero attached hydrogens (tertiary/aromatic N) is 1. The maximum atomic E-state index is 5.85. The minimum Gasteiger partial charge on any atom is -0.377 e. The third-order valence-electron chi connectivity index (χ3n) is 5.14. The third-order valence-corrected chi connectivity index (χ3v) is 5.14. The van der Waals surface area contributed by atoms with E-state index >= 15 is 0 Å². The van der Waals surface area contributed by atoms with Crippen LogP contribution in [0.4, 0.5) is 0 Å². The molecule has 0 aromatic rings. The van der Waals surface area contributed by atoms with Crippen molar-refractivity contribution >= 4 is 29.9 Å². The maximum absolute atomic E-state index is 5.85. The van der Waals surface area contributed by atoms with Crippen molar-refractivity contribution in [3.05, 3.63) is 0 Å². The maximum Gasteiger partial charge on any atom is 0.191 e. The third kappa shape index (κ3) is 2.80. The zero-order valence-electron chi connectivity index (χ0n) is 13.0. The monoisotopic (exact) mass is 393 g/mol. The molecular formula is C15H28IN3O. The molecule has 2 N–H and O–H groups in total. The molecule has 5 atom stereocenters. The van der Waals surface area contributed by atoms with Gasteiger partial charge in [0.2, 0.25) is 0 Å². The van der Waals surface area contributed by atoms with Crippen molar-refractivity contribution in [2.45, 2.75) is 58.7 Å². The van der Waals surface area contributed by atoms with Gasteiger partial charge in [-0.05, 0) is 25.7 Å². The molecule has 5 heteroatoms. The van der Waals surface area contributed by atoms with Crippen molar-refractivity contribution in [1.29, 1.82) is 0 Å². The van der Waals surface area contributed by atoms with Crippen LogP contribution in [-0.2, 0) is 4.74 Å². The number of hydrogen-bond acceptors (Lipinski definition) is 2. The van der Waals surface area contributed by atoms with Crippen molar-refractivity contribution in [3.63, 3.8) is 0 Å². The van der Waals surface area contributed by atoms with Crippen molar-refractivity contribution in [1.82, 2.24) is 10.6 Å². The molecule has 0 radical (unpaired) electrons. The van der Waals surface area contributed by atoms with Crippen LogP contribution in [0.15, 0.2) is 4.99 Å². The van der Waals surface area contributed by atoms with Crippen LogP contribution in [0.1, 0.15) is 40.5 Å². The first kappa shape index (κ1) is 16.3. The fraction of sp³-hybridized carbons (Fsp3) is 0.933. The lowest BCUT2D eigenvalue weighted by atomic mass is 9.57. The smallest absolute Gasteiger partial charge is 0.191 e. The summed E-state index contributed by atoms with van der Waals surface area (Å²) in [6.45, 7) is 10.7. The van der Waals surface area contributed by atoms with Crippen LogP contribution >= 0.6 is 24.0 Å². The molecule has 0 bridgehead atoms. The van der Waals surface area contributed by atoms with E-state index in [1.54, 1.807) is 0 Å². The molecule has 0 aromatic heterocycles. The van der Waals surface area contributed by atoms with Crippen LogP contribution in [0.5, 0.6) is 0 Å². The Kier molecular flexibility index (Phi) is 4.89. The molecule has 0 spiro atoms. The largest absolute Gasteiger partial charge is 0.377 e. The molecule has 2 saturated carbocycles. The van der Waals surface area contributed by atoms with Gasteiger partial charge in [0, 0.05) is 36.6 Å². The Morgan fingerprint density at radius 1 is 1.35 bits per heavy atom. The summed E-state index contributed by atoms with van der Waals surface area (Å²) in [5.74, 6) is 2.46. The first-order valence-corrected chi connectivity index (χ1v) is 7.73. The van der Waals surface area contributed by atoms with E-state index < -0.39 is 0 Å². The molecule has 3 aliphatic rings. The molecule has 3 rings (SSSR count). The molecule has 1 aliphatic heterocycles. The van der Waals surface area contributed by atoms with Crippen molar-refractivity contribution in [2.75, 3.05) is 13.2 Å². The highest BCUT2D eigenvalue weighted by Crippen LogP contribution is 2.52. The Bertz CT molecular complexity index is 385. The van der Waals surface area contributed by atoms with Crippen LogP contribution in [0.2, 0.25) is 0 Å². The molecule has 1 saturated heterocycles. The van der Waals surface area contributed by atoms with Gasteiger partial charge in [0.05, 0.1) is 6.10 Å². The number of ether oxygens (including phenoxy) is 1. The van der Waals surface area contributed by atoms with Crippen LogP contribution in [-0.4, -0.2) is 37.3 Å². The average Bonchev–Trinajstić information content (AvgIpc) is 2.90. The second-order valence-corrected chi connectivity index (χ2v) is 6.97. The van der Waals surface area contributed by atoms with Crippen molar-refractivity contribution in [2.24, 2.45) is 22.2 Å². The average molecular weight is 393 g/mol. The molecule has 116 valence electrons. The van der Waals surface area contributed by atoms with Gasteiger partial charge in [-0.3, -0.25) is 4.99 Å². The summed E-state index contributed by atoms with van der Waals surface area (Å²) in [5.41, 5.74) is 0.215. The van der Waals surface area contributed by atoms with Gasteiger partial charge < -0.3 is 15.4 Å². The lowest BCUT2D eigenvalue weighted by molar-refractivity contribution is -0.106. The van der Waals surface area contributed by atoms with Gasteiger partial charge in [-0.2, -0.15) is 0 Å². The van der Waals surface area contributed by atoms with Gasteiger partial charge in [-0.15, -0.1) is 24.0 Å². The van der Waals surface area contributed by atoms with Crippen molar-refractivity contribution < 1.29 is 4.74 Å². The lowest BCUT2D eigenvalue weighted by Gasteiger charge is -2.55. The van der Waals surface area contributed by atoms with Crippen LogP contribution in [0.3, 0.4) is 0 Å². The summed E-state index contributed by atoms with van der Waals surface area (Å²) < 4.78 is 5.85. The van der Waals surface area contributed by atoms with E-state index in [1.165, 1.54) is 12.8 Å². The number of aliphatic imine (C=N–C) groups is 1. The van der Waals surface area contributed by atoms with E-state index in [1.807, 2.05) is 0 Å². The fourth-order valence-electron chi connectivity index (χ4n) is 3.75. The van der Waals surface area contributed by atoms with Gasteiger partial charge in [0.25, 0.3) is 0 Å². The Labute approximate surface area is 139 Å². The summed E-state index contributed by atoms with van der Waals surface area (Å²) in [5, 5.41) is 7.22.